The first-order chi connectivity index (χ1) is 6.56. The van der Waals surface area contributed by atoms with Gasteiger partial charge in [0.05, 0.1) is 15.9 Å². The molecular weight excluding hydrogens is 194 g/mol. The van der Waals surface area contributed by atoms with Gasteiger partial charge in [0.25, 0.3) is 5.69 Å². The first kappa shape index (κ1) is 9.86. The van der Waals surface area contributed by atoms with Gasteiger partial charge in [0, 0.05) is 6.07 Å². The number of nitrogen functional groups attached to an aromatic ring is 1. The van der Waals surface area contributed by atoms with Crippen molar-refractivity contribution >= 4 is 17.1 Å². The molecule has 0 radical (unpaired) electrons. The van der Waals surface area contributed by atoms with E-state index in [1.807, 2.05) is 0 Å². The van der Waals surface area contributed by atoms with Crippen LogP contribution in [0.4, 0.5) is 17.1 Å². The van der Waals surface area contributed by atoms with Crippen molar-refractivity contribution in [3.05, 3.63) is 38.4 Å². The van der Waals surface area contributed by atoms with Gasteiger partial charge >= 0.3 is 5.69 Å². The van der Waals surface area contributed by atoms with E-state index in [1.165, 1.54) is 6.07 Å². The lowest BCUT2D eigenvalue weighted by molar-refractivity contribution is -0.393. The highest BCUT2D eigenvalue weighted by Gasteiger charge is 2.18. The van der Waals surface area contributed by atoms with Gasteiger partial charge in [-0.15, -0.1) is 0 Å². The lowest BCUT2D eigenvalue weighted by Gasteiger charge is -2.00. The first-order valence-corrected chi connectivity index (χ1v) is 3.45. The molecule has 0 amide bonds. The number of hydrogen-bond acceptors (Lipinski definition) is 6. The van der Waals surface area contributed by atoms with Crippen molar-refractivity contribution in [2.24, 2.45) is 5.84 Å². The summed E-state index contributed by atoms with van der Waals surface area (Å²) in [5.41, 5.74) is 1.33. The number of anilines is 1. The highest BCUT2D eigenvalue weighted by Crippen LogP contribution is 2.27. The van der Waals surface area contributed by atoms with E-state index in [0.717, 1.165) is 12.1 Å². The van der Waals surface area contributed by atoms with Crippen LogP contribution in [-0.4, -0.2) is 9.85 Å². The molecule has 0 unspecified atom stereocenters. The molecule has 0 saturated carbocycles. The van der Waals surface area contributed by atoms with E-state index in [0.29, 0.717) is 0 Å². The fraction of sp³-hybridized carbons (Fsp3) is 0. The molecule has 0 aliphatic heterocycles. The van der Waals surface area contributed by atoms with Gasteiger partial charge in [0.1, 0.15) is 5.69 Å². The Morgan fingerprint density at radius 1 is 1.21 bits per heavy atom. The Morgan fingerprint density at radius 2 is 1.86 bits per heavy atom. The summed E-state index contributed by atoms with van der Waals surface area (Å²) in [4.78, 5) is 19.3. The molecule has 1 aromatic rings. The van der Waals surface area contributed by atoms with Crippen LogP contribution < -0.4 is 11.3 Å². The third-order valence-corrected chi connectivity index (χ3v) is 1.54. The minimum atomic E-state index is -0.748. The Balaban J connectivity index is 3.27. The normalized spacial score (nSPS) is 9.50. The van der Waals surface area contributed by atoms with Crippen LogP contribution in [-0.2, 0) is 0 Å². The Hall–Kier alpha value is -2.22. The van der Waals surface area contributed by atoms with Crippen LogP contribution >= 0.6 is 0 Å². The van der Waals surface area contributed by atoms with Gasteiger partial charge in [-0.3, -0.25) is 26.1 Å². The standard InChI is InChI=1S/C6H6N4O4/c7-8-5-2-1-4(9(11)12)3-6(5)10(13)14/h1-3,8H,7H2/i9+1,10+1. The number of benzene rings is 1. The average molecular weight is 200 g/mol. The van der Waals surface area contributed by atoms with Gasteiger partial charge in [-0.25, -0.2) is 0 Å². The number of nitrogens with zero attached hydrogens (tertiary/aromatic N) is 2. The Morgan fingerprint density at radius 3 is 2.29 bits per heavy atom. The molecule has 14 heavy (non-hydrogen) atoms. The van der Waals surface area contributed by atoms with Crippen molar-refractivity contribution in [3.63, 3.8) is 0 Å². The van der Waals surface area contributed by atoms with Crippen LogP contribution in [0.5, 0.6) is 0 Å². The molecule has 0 aliphatic rings. The maximum absolute atomic E-state index is 10.4. The summed E-state index contributed by atoms with van der Waals surface area (Å²) < 4.78 is 0. The first-order valence-electron chi connectivity index (χ1n) is 3.45. The van der Waals surface area contributed by atoms with Crippen molar-refractivity contribution in [2.75, 3.05) is 5.43 Å². The van der Waals surface area contributed by atoms with Gasteiger partial charge in [0.15, 0.2) is 0 Å². The van der Waals surface area contributed by atoms with E-state index in [-0.39, 0.29) is 11.4 Å². The summed E-state index contributed by atoms with van der Waals surface area (Å²) in [5, 5.41) is 20.7. The number of rotatable bonds is 3. The Kier molecular flexibility index (Phi) is 2.58. The van der Waals surface area contributed by atoms with E-state index in [4.69, 9.17) is 5.84 Å². The highest BCUT2D eigenvalue weighted by molar-refractivity contribution is 5.64. The predicted octanol–water partition coefficient (Wildman–Crippen LogP) is 0.789. The highest BCUT2D eigenvalue weighted by atomic mass is 16.9. The van der Waals surface area contributed by atoms with Crippen molar-refractivity contribution < 1.29 is 9.85 Å². The van der Waals surface area contributed by atoms with Gasteiger partial charge in [0.2, 0.25) is 0 Å². The summed E-state index contributed by atoms with van der Waals surface area (Å²) in [7, 11) is 0. The Labute approximate surface area is 77.6 Å². The maximum Gasteiger partial charge on any atom is 0.300 e. The second kappa shape index (κ2) is 3.66. The van der Waals surface area contributed by atoms with Crippen molar-refractivity contribution in [1.82, 2.24) is 0 Å². The van der Waals surface area contributed by atoms with Gasteiger partial charge in [-0.2, -0.15) is 0 Å². The molecule has 0 spiro atoms. The van der Waals surface area contributed by atoms with Crippen LogP contribution in [0.15, 0.2) is 18.2 Å². The summed E-state index contributed by atoms with van der Waals surface area (Å²) in [6.07, 6.45) is 0. The average Bonchev–Trinajstić information content (AvgIpc) is 2.16. The monoisotopic (exact) mass is 200 g/mol. The molecule has 8 heteroatoms. The number of nitrogens with one attached hydrogen (secondary N) is 1. The zero-order chi connectivity index (χ0) is 10.7. The van der Waals surface area contributed by atoms with E-state index < -0.39 is 15.5 Å². The smallest absolute Gasteiger partial charge is 0.300 e. The second-order valence-electron chi connectivity index (χ2n) is 2.36. The second-order valence-corrected chi connectivity index (χ2v) is 2.36. The quantitative estimate of drug-likeness (QED) is 0.321. The van der Waals surface area contributed by atoms with E-state index >= 15 is 0 Å². The van der Waals surface area contributed by atoms with Gasteiger partial charge in [-0.05, 0) is 6.07 Å². The molecule has 74 valence electrons. The van der Waals surface area contributed by atoms with Gasteiger partial charge in [-0.1, -0.05) is 0 Å². The molecule has 0 aromatic heterocycles. The lowest BCUT2D eigenvalue weighted by Crippen LogP contribution is -2.09. The molecule has 0 heterocycles. The van der Waals surface area contributed by atoms with E-state index in [1.54, 1.807) is 0 Å². The van der Waals surface area contributed by atoms with Crippen LogP contribution in [0, 0.1) is 20.2 Å². The lowest BCUT2D eigenvalue weighted by atomic mass is 10.2. The molecule has 1 aromatic carbocycles. The third kappa shape index (κ3) is 1.75. The van der Waals surface area contributed by atoms with Crippen molar-refractivity contribution in [2.45, 2.75) is 0 Å². The molecule has 0 fully saturated rings. The fourth-order valence-electron chi connectivity index (χ4n) is 0.907. The van der Waals surface area contributed by atoms with E-state index in [2.05, 4.69) is 5.43 Å². The summed E-state index contributed by atoms with van der Waals surface area (Å²) in [6.45, 7) is 0. The number of nitro benzene ring substituents is 2. The molecule has 0 aliphatic carbocycles. The van der Waals surface area contributed by atoms with Crippen LogP contribution in [0.2, 0.25) is 0 Å². The molecule has 1 rings (SSSR count). The molecule has 3 N–H and O–H groups in total. The zero-order valence-electron chi connectivity index (χ0n) is 6.84. The van der Waals surface area contributed by atoms with Crippen LogP contribution in [0.25, 0.3) is 0 Å². The molecule has 8 nitrogen and oxygen atoms in total. The van der Waals surface area contributed by atoms with Crippen LogP contribution in [0.1, 0.15) is 0 Å². The minimum Gasteiger partial charge on any atom is -0.318 e. The number of nitrogens with two attached hydrogens (primary N) is 1. The van der Waals surface area contributed by atoms with Crippen molar-refractivity contribution in [3.8, 4) is 0 Å². The van der Waals surface area contributed by atoms with E-state index in [9.17, 15) is 20.2 Å². The number of hydrogen-bond donors (Lipinski definition) is 2. The molecule has 0 saturated heterocycles. The summed E-state index contributed by atoms with van der Waals surface area (Å²) >= 11 is 0. The fourth-order valence-corrected chi connectivity index (χ4v) is 0.907. The summed E-state index contributed by atoms with van der Waals surface area (Å²) in [6, 6.07) is 3.15. The third-order valence-electron chi connectivity index (χ3n) is 1.54. The number of hydrazine groups is 1. The molecule has 0 bridgehead atoms. The number of non-ortho nitro benzene ring substituents is 1. The maximum atomic E-state index is 10.4. The zero-order valence-corrected chi connectivity index (χ0v) is 6.84. The number of nitro groups is 2. The van der Waals surface area contributed by atoms with Crippen molar-refractivity contribution in [1.29, 1.82) is 0 Å². The SMILES string of the molecule is NNc1ccc([15N+](=O)[O-])cc1[15N+](=O)[O-]. The topological polar surface area (TPSA) is 124 Å². The van der Waals surface area contributed by atoms with Gasteiger partial charge < -0.3 is 5.43 Å². The molecular formula is C6H6N4O4. The van der Waals surface area contributed by atoms with Crippen LogP contribution in [0.3, 0.4) is 0 Å². The largest absolute Gasteiger partial charge is 0.318 e. The molecule has 0 atom stereocenters. The Bertz CT molecular complexity index is 391. The predicted molar refractivity (Wildman–Crippen MR) is 47.6 cm³/mol. The minimum absolute atomic E-state index is 0.0283. The summed E-state index contributed by atoms with van der Waals surface area (Å²) in [5.74, 6) is 4.99.